The third-order valence-electron chi connectivity index (χ3n) is 8.78. The quantitative estimate of drug-likeness (QED) is 0.314. The number of fused-ring (bicyclic) bond motifs is 3. The fourth-order valence-corrected chi connectivity index (χ4v) is 14.1. The molecule has 0 amide bonds. The van der Waals surface area contributed by atoms with Crippen LogP contribution in [0.4, 0.5) is 0 Å². The summed E-state index contributed by atoms with van der Waals surface area (Å²) >= 11 is -2.49. The van der Waals surface area contributed by atoms with Crippen molar-refractivity contribution in [3.63, 3.8) is 0 Å². The number of rotatable bonds is 4. The van der Waals surface area contributed by atoms with Crippen molar-refractivity contribution < 1.29 is 46.1 Å². The number of allylic oxidation sites excluding steroid dienone is 4. The molecule has 0 N–H and O–H groups in total. The van der Waals surface area contributed by atoms with Crippen LogP contribution in [-0.2, 0) is 38.5 Å². The van der Waals surface area contributed by atoms with Crippen LogP contribution < -0.4 is 28.1 Å². The van der Waals surface area contributed by atoms with Crippen LogP contribution in [0, 0.1) is 11.8 Å². The molecule has 1 unspecified atom stereocenters. The minimum absolute atomic E-state index is 0. The van der Waals surface area contributed by atoms with Crippen LogP contribution in [0.1, 0.15) is 97.1 Å². The van der Waals surface area contributed by atoms with Gasteiger partial charge in [0.1, 0.15) is 0 Å². The molecule has 2 aliphatic rings. The van der Waals surface area contributed by atoms with Gasteiger partial charge in [-0.1, -0.05) is 0 Å². The van der Waals surface area contributed by atoms with Crippen molar-refractivity contribution in [1.29, 1.82) is 0 Å². The number of hydrogen-bond donors (Lipinski definition) is 0. The van der Waals surface area contributed by atoms with Gasteiger partial charge in [0.25, 0.3) is 0 Å². The fourth-order valence-electron chi connectivity index (χ4n) is 6.48. The molecule has 0 nitrogen and oxygen atoms in total. The van der Waals surface area contributed by atoms with E-state index in [0.717, 1.165) is 6.42 Å². The summed E-state index contributed by atoms with van der Waals surface area (Å²) in [6.07, 6.45) is 3.64. The molecule has 0 radical (unpaired) electrons. The molecule has 0 fully saturated rings. The third-order valence-corrected chi connectivity index (χ3v) is 16.3. The number of halogens is 2. The summed E-state index contributed by atoms with van der Waals surface area (Å²) in [5.74, 6) is 1.08. The normalized spacial score (nSPS) is 16.3. The summed E-state index contributed by atoms with van der Waals surface area (Å²) in [6.45, 7) is 23.7. The van der Waals surface area contributed by atoms with Crippen molar-refractivity contribution in [2.75, 3.05) is 0 Å². The van der Waals surface area contributed by atoms with Crippen LogP contribution in [0.3, 0.4) is 0 Å². The Hall–Kier alpha value is -1.53. The largest absolute Gasteiger partial charge is 1.00 e. The molecule has 0 saturated carbocycles. The molecule has 3 heteroatoms. The second-order valence-corrected chi connectivity index (χ2v) is 19.6. The molecule has 0 heterocycles. The molecule has 3 aromatic carbocycles. The fraction of sp³-hybridized carbons (Fsp3) is 0.395. The Bertz CT molecular complexity index is 1520. The average Bonchev–Trinajstić information content (AvgIpc) is 3.38. The van der Waals surface area contributed by atoms with Crippen molar-refractivity contribution in [3.8, 4) is 11.1 Å². The number of benzene rings is 3. The first kappa shape index (κ1) is 34.0. The Morgan fingerprint density at radius 3 is 1.98 bits per heavy atom. The maximum absolute atomic E-state index is 2.74. The zero-order valence-electron chi connectivity index (χ0n) is 26.5. The molecule has 0 aromatic heterocycles. The van der Waals surface area contributed by atoms with Gasteiger partial charge in [-0.15, -0.1) is 0 Å². The second kappa shape index (κ2) is 12.6. The Morgan fingerprint density at radius 2 is 1.41 bits per heavy atom. The Morgan fingerprint density at radius 1 is 0.805 bits per heavy atom. The van der Waals surface area contributed by atoms with E-state index in [1.165, 1.54) is 33.4 Å². The molecule has 0 bridgehead atoms. The van der Waals surface area contributed by atoms with Gasteiger partial charge >= 0.3 is 247 Å². The van der Waals surface area contributed by atoms with E-state index in [0.29, 0.717) is 11.8 Å². The van der Waals surface area contributed by atoms with Gasteiger partial charge in [-0.2, -0.15) is 0 Å². The van der Waals surface area contributed by atoms with Crippen molar-refractivity contribution in [2.24, 2.45) is 11.8 Å². The SMILES string of the molecule is CC1=[C](/[Zr+2](=[CH]/c2ccccc2)[c]2cc(C(C)(C)C)cc3c2Cc2ccc(C(C)(C)C)cc2-3)C(C)C=C1C(C)C.[Cl-].[Cl-]. The van der Waals surface area contributed by atoms with Crippen LogP contribution in [0.2, 0.25) is 0 Å². The van der Waals surface area contributed by atoms with E-state index >= 15 is 0 Å². The van der Waals surface area contributed by atoms with Crippen molar-refractivity contribution in [2.45, 2.75) is 86.5 Å². The first-order chi connectivity index (χ1) is 18.3. The van der Waals surface area contributed by atoms with Gasteiger partial charge in [-0.05, 0) is 0 Å². The van der Waals surface area contributed by atoms with Gasteiger partial charge < -0.3 is 24.8 Å². The van der Waals surface area contributed by atoms with Crippen LogP contribution in [0.5, 0.6) is 0 Å². The van der Waals surface area contributed by atoms with Crippen LogP contribution in [-0.4, -0.2) is 3.71 Å². The first-order valence-corrected chi connectivity index (χ1v) is 18.6. The molecule has 216 valence electrons. The number of hydrogen-bond acceptors (Lipinski definition) is 0. The van der Waals surface area contributed by atoms with Crippen molar-refractivity contribution in [3.05, 3.63) is 109 Å². The Labute approximate surface area is 269 Å². The predicted molar refractivity (Wildman–Crippen MR) is 168 cm³/mol. The van der Waals surface area contributed by atoms with Gasteiger partial charge in [-0.3, -0.25) is 0 Å². The van der Waals surface area contributed by atoms with Gasteiger partial charge in [0.05, 0.1) is 0 Å². The zero-order chi connectivity index (χ0) is 28.3. The summed E-state index contributed by atoms with van der Waals surface area (Å²) in [7, 11) is 0. The zero-order valence-corrected chi connectivity index (χ0v) is 30.5. The van der Waals surface area contributed by atoms with Gasteiger partial charge in [0.15, 0.2) is 0 Å². The molecule has 2 aliphatic carbocycles. The molecule has 41 heavy (non-hydrogen) atoms. The van der Waals surface area contributed by atoms with E-state index in [1.54, 1.807) is 23.3 Å². The van der Waals surface area contributed by atoms with E-state index < -0.39 is 21.3 Å². The summed E-state index contributed by atoms with van der Waals surface area (Å²) in [5.41, 5.74) is 13.8. The molecule has 5 rings (SSSR count). The van der Waals surface area contributed by atoms with Crippen LogP contribution in [0.15, 0.2) is 81.2 Å². The third kappa shape index (κ3) is 6.69. The van der Waals surface area contributed by atoms with E-state index in [-0.39, 0.29) is 35.6 Å². The molecule has 0 aliphatic heterocycles. The summed E-state index contributed by atoms with van der Waals surface area (Å²) in [4.78, 5) is 0. The molecule has 1 atom stereocenters. The van der Waals surface area contributed by atoms with Crippen LogP contribution >= 0.6 is 0 Å². The van der Waals surface area contributed by atoms with Crippen molar-refractivity contribution in [1.82, 2.24) is 0 Å². The topological polar surface area (TPSA) is 0 Å². The van der Waals surface area contributed by atoms with Gasteiger partial charge in [0.2, 0.25) is 0 Å². The summed E-state index contributed by atoms with van der Waals surface area (Å²) in [6, 6.07) is 23.6. The molecule has 0 spiro atoms. The van der Waals surface area contributed by atoms with E-state index in [2.05, 4.69) is 140 Å². The predicted octanol–water partition coefficient (Wildman–Crippen LogP) is 3.46. The first-order valence-electron chi connectivity index (χ1n) is 14.8. The van der Waals surface area contributed by atoms with Crippen LogP contribution in [0.25, 0.3) is 11.1 Å². The molecule has 3 aromatic rings. The van der Waals surface area contributed by atoms with E-state index in [9.17, 15) is 0 Å². The van der Waals surface area contributed by atoms with E-state index in [4.69, 9.17) is 0 Å². The minimum atomic E-state index is -2.49. The second-order valence-electron chi connectivity index (χ2n) is 14.2. The van der Waals surface area contributed by atoms with Crippen molar-refractivity contribution >= 4 is 6.98 Å². The maximum Gasteiger partial charge on any atom is -1.00 e. The standard InChI is InChI=1S/C21H25.C10H15.C7H6.2ClH.Zr/c1-20(2,3)16-9-7-14-11-15-8-10-17(21(4,5)6)13-19(15)18(14)12-16;1-7(2)10-6-8(3)5-9(10)4;1-7-5-3-2-4-6-7;;;/h7,9-10,12-13H,11H2,1-6H3;6-8H,1-4H3;1-6H;2*1H;/q;;;;;+2/p-2. The molecular formula is C38H46Cl2Zr. The monoisotopic (exact) mass is 662 g/mol. The summed E-state index contributed by atoms with van der Waals surface area (Å²) in [5, 5.41) is 0. The summed E-state index contributed by atoms with van der Waals surface area (Å²) < 4.78 is 6.20. The smallest absolute Gasteiger partial charge is 1.00 e. The Kier molecular flexibility index (Phi) is 10.4. The van der Waals surface area contributed by atoms with Gasteiger partial charge in [-0.25, -0.2) is 0 Å². The molecule has 0 saturated heterocycles. The van der Waals surface area contributed by atoms with Gasteiger partial charge in [0, 0.05) is 0 Å². The maximum atomic E-state index is 2.74. The average molecular weight is 665 g/mol. The Balaban J connectivity index is 0.00000231. The minimum Gasteiger partial charge on any atom is -1.00 e. The molecular weight excluding hydrogens is 619 g/mol. The van der Waals surface area contributed by atoms with E-state index in [1.807, 2.05) is 0 Å².